The van der Waals surface area contributed by atoms with Crippen molar-refractivity contribution in [3.8, 4) is 0 Å². The minimum Gasteiger partial charge on any atom is -0.337 e. The van der Waals surface area contributed by atoms with Gasteiger partial charge in [0, 0.05) is 17.6 Å². The van der Waals surface area contributed by atoms with Gasteiger partial charge in [-0.05, 0) is 61.8 Å². The summed E-state index contributed by atoms with van der Waals surface area (Å²) in [6.45, 7) is 0.710. The van der Waals surface area contributed by atoms with Gasteiger partial charge in [0.05, 0.1) is 29.5 Å². The fourth-order valence-corrected chi connectivity index (χ4v) is 6.42. The smallest absolute Gasteiger partial charge is 0.269 e. The Morgan fingerprint density at radius 3 is 2.49 bits per heavy atom. The first-order chi connectivity index (χ1) is 17.9. The molecule has 1 fully saturated rings. The van der Waals surface area contributed by atoms with E-state index in [1.54, 1.807) is 16.7 Å². The van der Waals surface area contributed by atoms with Gasteiger partial charge in [0.15, 0.2) is 5.17 Å². The topological polar surface area (TPSA) is 68.2 Å². The summed E-state index contributed by atoms with van der Waals surface area (Å²) in [6.07, 6.45) is 0. The summed E-state index contributed by atoms with van der Waals surface area (Å²) in [5, 5.41) is 4.43. The van der Waals surface area contributed by atoms with E-state index >= 15 is 0 Å². The second-order valence-corrected chi connectivity index (χ2v) is 11.0. The van der Waals surface area contributed by atoms with Crippen LogP contribution in [0.15, 0.2) is 98.7 Å². The normalized spacial score (nSPS) is 18.2. The Hall–Kier alpha value is -3.53. The van der Waals surface area contributed by atoms with Gasteiger partial charge in [-0.15, -0.1) is 0 Å². The van der Waals surface area contributed by atoms with Crippen molar-refractivity contribution in [3.63, 3.8) is 0 Å². The number of carbonyl (C=O) groups is 2. The van der Waals surface area contributed by atoms with Gasteiger partial charge in [-0.25, -0.2) is 4.99 Å². The molecule has 37 heavy (non-hydrogen) atoms. The highest BCUT2D eigenvalue weighted by Crippen LogP contribution is 2.50. The number of hydrogen-bond acceptors (Lipinski definition) is 7. The molecule has 2 aliphatic heterocycles. The van der Waals surface area contributed by atoms with Crippen molar-refractivity contribution in [1.29, 1.82) is 0 Å². The lowest BCUT2D eigenvalue weighted by atomic mass is 10.2. The number of anilines is 2. The summed E-state index contributed by atoms with van der Waals surface area (Å²) in [6, 6.07) is 25.4. The van der Waals surface area contributed by atoms with Crippen molar-refractivity contribution in [2.75, 3.05) is 37.9 Å². The summed E-state index contributed by atoms with van der Waals surface area (Å²) < 4.78 is 0. The number of nitrogens with zero attached hydrogens (tertiary/aromatic N) is 4. The Labute approximate surface area is 225 Å². The van der Waals surface area contributed by atoms with Crippen LogP contribution in [0.5, 0.6) is 0 Å². The first-order valence-electron chi connectivity index (χ1n) is 11.8. The molecule has 188 valence electrons. The molecule has 7 nitrogen and oxygen atoms in total. The molecule has 0 spiro atoms. The molecule has 1 N–H and O–H groups in total. The third kappa shape index (κ3) is 5.58. The molecule has 2 aliphatic rings. The minimum atomic E-state index is -0.0983. The molecule has 2 heterocycles. The zero-order valence-electron chi connectivity index (χ0n) is 20.8. The summed E-state index contributed by atoms with van der Waals surface area (Å²) in [4.78, 5) is 38.3. The van der Waals surface area contributed by atoms with Gasteiger partial charge < -0.3 is 15.1 Å². The maximum absolute atomic E-state index is 13.8. The number of likely N-dealkylation sites (N-methyl/N-ethyl adjacent to an activating group) is 1. The maximum Gasteiger partial charge on any atom is 0.269 e. The second-order valence-electron chi connectivity index (χ2n) is 8.97. The van der Waals surface area contributed by atoms with Gasteiger partial charge in [-0.2, -0.15) is 0 Å². The van der Waals surface area contributed by atoms with E-state index in [-0.39, 0.29) is 11.8 Å². The van der Waals surface area contributed by atoms with Gasteiger partial charge >= 0.3 is 0 Å². The van der Waals surface area contributed by atoms with Gasteiger partial charge in [-0.1, -0.05) is 60.3 Å². The van der Waals surface area contributed by atoms with E-state index < -0.39 is 0 Å². The number of thioether (sulfide) groups is 2. The maximum atomic E-state index is 13.8. The number of nitrogens with one attached hydrogen (secondary N) is 1. The van der Waals surface area contributed by atoms with Crippen LogP contribution in [-0.4, -0.2) is 54.5 Å². The lowest BCUT2D eigenvalue weighted by Gasteiger charge is -2.17. The average molecular weight is 530 g/mol. The van der Waals surface area contributed by atoms with Crippen molar-refractivity contribution >= 4 is 57.6 Å². The van der Waals surface area contributed by atoms with Crippen LogP contribution in [0.3, 0.4) is 0 Å². The fraction of sp³-hybridized carbons (Fsp3) is 0.179. The van der Waals surface area contributed by atoms with Crippen LogP contribution < -0.4 is 10.2 Å². The molecule has 9 heteroatoms. The molecule has 0 bridgehead atoms. The minimum absolute atomic E-state index is 0.0646. The molecule has 2 amide bonds. The van der Waals surface area contributed by atoms with E-state index in [0.29, 0.717) is 34.5 Å². The first-order valence-corrected chi connectivity index (χ1v) is 13.4. The van der Waals surface area contributed by atoms with Crippen molar-refractivity contribution in [1.82, 2.24) is 9.80 Å². The Balaban J connectivity index is 1.48. The third-order valence-electron chi connectivity index (χ3n) is 5.79. The molecule has 0 aliphatic carbocycles. The van der Waals surface area contributed by atoms with Gasteiger partial charge in [0.1, 0.15) is 4.91 Å². The van der Waals surface area contributed by atoms with E-state index in [0.717, 1.165) is 21.2 Å². The quantitative estimate of drug-likeness (QED) is 0.434. The standard InChI is InChI=1S/C28H27N5O2S2/c1-31(2)18-24(34)29-20-12-9-13-21(16-20)30-28-33(17-19-10-5-4-6-11-19)26(35)25(37-28)27-32(3)22-14-7-8-15-23(22)36-27/h4-16H,17-18H2,1-3H3,(H,29,34)/b27-25-,30-28?. The summed E-state index contributed by atoms with van der Waals surface area (Å²) in [7, 11) is 5.69. The SMILES string of the molecule is CN(C)CC(=O)Nc1cccc(N=C2S/C(=C3\Sc4ccccc4N3C)C(=O)N2Cc2ccccc2)c1. The van der Waals surface area contributed by atoms with Crippen LogP contribution in [0, 0.1) is 0 Å². The predicted octanol–water partition coefficient (Wildman–Crippen LogP) is 5.36. The molecular weight excluding hydrogens is 502 g/mol. The molecule has 5 rings (SSSR count). The fourth-order valence-electron chi connectivity index (χ4n) is 4.08. The second kappa shape index (κ2) is 10.8. The van der Waals surface area contributed by atoms with Crippen molar-refractivity contribution in [2.24, 2.45) is 4.99 Å². The predicted molar refractivity (Wildman–Crippen MR) is 153 cm³/mol. The van der Waals surface area contributed by atoms with Crippen LogP contribution in [-0.2, 0) is 16.1 Å². The number of hydrogen-bond donors (Lipinski definition) is 1. The highest BCUT2D eigenvalue weighted by Gasteiger charge is 2.39. The number of para-hydroxylation sites is 1. The van der Waals surface area contributed by atoms with Crippen molar-refractivity contribution in [3.05, 3.63) is 94.4 Å². The van der Waals surface area contributed by atoms with E-state index in [1.807, 2.05) is 92.8 Å². The zero-order chi connectivity index (χ0) is 25.9. The van der Waals surface area contributed by atoms with Crippen LogP contribution in [0.25, 0.3) is 0 Å². The molecule has 3 aromatic rings. The molecule has 0 atom stereocenters. The first kappa shape index (κ1) is 25.1. The molecule has 3 aromatic carbocycles. The number of aliphatic imine (C=N–C) groups is 1. The van der Waals surface area contributed by atoms with Crippen molar-refractivity contribution < 1.29 is 9.59 Å². The molecular formula is C28H27N5O2S2. The van der Waals surface area contributed by atoms with Crippen LogP contribution in [0.4, 0.5) is 17.1 Å². The van der Waals surface area contributed by atoms with E-state index in [9.17, 15) is 9.59 Å². The highest BCUT2D eigenvalue weighted by atomic mass is 32.2. The number of fused-ring (bicyclic) bond motifs is 1. The van der Waals surface area contributed by atoms with Crippen molar-refractivity contribution in [2.45, 2.75) is 11.4 Å². The van der Waals surface area contributed by atoms with Gasteiger partial charge in [-0.3, -0.25) is 14.5 Å². The van der Waals surface area contributed by atoms with Crippen LogP contribution in [0.1, 0.15) is 5.56 Å². The lowest BCUT2D eigenvalue weighted by molar-refractivity contribution is -0.122. The summed E-state index contributed by atoms with van der Waals surface area (Å²) in [5.41, 5.74) is 3.44. The number of rotatable bonds is 6. The highest BCUT2D eigenvalue weighted by molar-refractivity contribution is 8.19. The number of amides is 2. The summed E-state index contributed by atoms with van der Waals surface area (Å²) in [5.74, 6) is -0.163. The Morgan fingerprint density at radius 2 is 1.73 bits per heavy atom. The van der Waals surface area contributed by atoms with Crippen LogP contribution >= 0.6 is 23.5 Å². The molecule has 0 unspecified atom stereocenters. The molecule has 0 saturated carbocycles. The average Bonchev–Trinajstić information content (AvgIpc) is 3.36. The summed E-state index contributed by atoms with van der Waals surface area (Å²) >= 11 is 3.00. The molecule has 0 radical (unpaired) electrons. The Morgan fingerprint density at radius 1 is 0.973 bits per heavy atom. The van der Waals surface area contributed by atoms with Gasteiger partial charge in [0.25, 0.3) is 5.91 Å². The largest absolute Gasteiger partial charge is 0.337 e. The molecule has 0 aromatic heterocycles. The van der Waals surface area contributed by atoms with Crippen LogP contribution in [0.2, 0.25) is 0 Å². The number of amidine groups is 1. The molecule has 1 saturated heterocycles. The lowest BCUT2D eigenvalue weighted by Crippen LogP contribution is -2.29. The van der Waals surface area contributed by atoms with E-state index in [4.69, 9.17) is 4.99 Å². The zero-order valence-corrected chi connectivity index (χ0v) is 22.5. The third-order valence-corrected chi connectivity index (χ3v) is 8.23. The number of carbonyl (C=O) groups excluding carboxylic acids is 2. The Kier molecular flexibility index (Phi) is 7.36. The van der Waals surface area contributed by atoms with E-state index in [2.05, 4.69) is 22.3 Å². The Bertz CT molecular complexity index is 1400. The monoisotopic (exact) mass is 529 g/mol. The number of benzene rings is 3. The van der Waals surface area contributed by atoms with Gasteiger partial charge in [0.2, 0.25) is 5.91 Å². The van der Waals surface area contributed by atoms with E-state index in [1.165, 1.54) is 11.8 Å².